The fraction of sp³-hybridized carbons (Fsp3) is 0. The average Bonchev–Trinajstić information content (AvgIpc) is 3.80. The molecule has 0 radical (unpaired) electrons. The molecule has 3 nitrogen and oxygen atoms in total. The highest BCUT2D eigenvalue weighted by atomic mass is 35.5. The lowest BCUT2D eigenvalue weighted by atomic mass is 9.91. The van der Waals surface area contributed by atoms with Crippen LogP contribution in [0.25, 0.3) is 99.2 Å². The molecule has 10 rings (SSSR count). The average molecular weight is 611 g/mol. The zero-order valence-corrected chi connectivity index (χ0v) is 25.1. The van der Waals surface area contributed by atoms with E-state index >= 15 is 0 Å². The highest BCUT2D eigenvalue weighted by Crippen LogP contribution is 2.47. The Balaban J connectivity index is 1.27. The molecule has 4 heteroatoms. The van der Waals surface area contributed by atoms with Crippen molar-refractivity contribution in [2.24, 2.45) is 0 Å². The second-order valence-corrected chi connectivity index (χ2v) is 12.2. The van der Waals surface area contributed by atoms with Crippen molar-refractivity contribution in [1.82, 2.24) is 0 Å². The minimum Gasteiger partial charge on any atom is -0.456 e. The fourth-order valence-electron chi connectivity index (χ4n) is 7.08. The first-order valence-corrected chi connectivity index (χ1v) is 15.7. The van der Waals surface area contributed by atoms with Crippen LogP contribution in [-0.2, 0) is 0 Å². The van der Waals surface area contributed by atoms with Gasteiger partial charge in [0.05, 0.1) is 0 Å². The highest BCUT2D eigenvalue weighted by Gasteiger charge is 2.22. The highest BCUT2D eigenvalue weighted by molar-refractivity contribution is 6.30. The van der Waals surface area contributed by atoms with Gasteiger partial charge >= 0.3 is 0 Å². The summed E-state index contributed by atoms with van der Waals surface area (Å²) in [4.78, 5) is 0. The molecule has 0 bridgehead atoms. The molecule has 0 N–H and O–H groups in total. The number of hydrogen-bond acceptors (Lipinski definition) is 3. The number of benzene rings is 7. The van der Waals surface area contributed by atoms with Crippen LogP contribution < -0.4 is 0 Å². The van der Waals surface area contributed by atoms with E-state index in [2.05, 4.69) is 78.9 Å². The van der Waals surface area contributed by atoms with E-state index in [4.69, 9.17) is 24.9 Å². The van der Waals surface area contributed by atoms with Gasteiger partial charge in [0.2, 0.25) is 0 Å². The van der Waals surface area contributed by atoms with Crippen LogP contribution in [0.4, 0.5) is 0 Å². The van der Waals surface area contributed by atoms with Crippen molar-refractivity contribution in [2.45, 2.75) is 0 Å². The second-order valence-electron chi connectivity index (χ2n) is 11.7. The monoisotopic (exact) mass is 610 g/mol. The largest absolute Gasteiger partial charge is 0.456 e. The predicted octanol–water partition coefficient (Wildman–Crippen LogP) is 13.0. The van der Waals surface area contributed by atoms with E-state index in [0.29, 0.717) is 5.02 Å². The van der Waals surface area contributed by atoms with Gasteiger partial charge in [0.1, 0.15) is 33.5 Å². The molecule has 0 saturated carbocycles. The number of furan rings is 3. The third kappa shape index (κ3) is 3.67. The molecule has 3 heterocycles. The van der Waals surface area contributed by atoms with Gasteiger partial charge in [-0.05, 0) is 76.9 Å². The predicted molar refractivity (Wildman–Crippen MR) is 190 cm³/mol. The Morgan fingerprint density at radius 1 is 0.348 bits per heavy atom. The van der Waals surface area contributed by atoms with Gasteiger partial charge < -0.3 is 13.3 Å². The van der Waals surface area contributed by atoms with E-state index in [1.807, 2.05) is 60.7 Å². The van der Waals surface area contributed by atoms with Gasteiger partial charge in [0, 0.05) is 48.5 Å². The molecule has 0 aliphatic heterocycles. The topological polar surface area (TPSA) is 39.4 Å². The molecule has 7 aromatic carbocycles. The lowest BCUT2D eigenvalue weighted by Crippen LogP contribution is -1.87. The first-order chi connectivity index (χ1) is 22.7. The van der Waals surface area contributed by atoms with Crippen LogP contribution in [0.2, 0.25) is 5.02 Å². The first kappa shape index (κ1) is 25.5. The lowest BCUT2D eigenvalue weighted by Gasteiger charge is -2.11. The quantitative estimate of drug-likeness (QED) is 0.200. The van der Waals surface area contributed by atoms with Crippen molar-refractivity contribution < 1.29 is 13.3 Å². The van der Waals surface area contributed by atoms with Gasteiger partial charge in [0.25, 0.3) is 0 Å². The van der Waals surface area contributed by atoms with E-state index < -0.39 is 0 Å². The zero-order valence-electron chi connectivity index (χ0n) is 24.4. The van der Waals surface area contributed by atoms with E-state index in [9.17, 15) is 0 Å². The van der Waals surface area contributed by atoms with Crippen LogP contribution >= 0.6 is 11.6 Å². The number of hydrogen-bond donors (Lipinski definition) is 0. The summed E-state index contributed by atoms with van der Waals surface area (Å²) in [5, 5.41) is 7.20. The van der Waals surface area contributed by atoms with Crippen LogP contribution in [0, 0.1) is 0 Å². The van der Waals surface area contributed by atoms with Crippen molar-refractivity contribution >= 4 is 77.4 Å². The third-order valence-electron chi connectivity index (χ3n) is 9.19. The molecule has 10 aromatic rings. The Morgan fingerprint density at radius 3 is 1.57 bits per heavy atom. The van der Waals surface area contributed by atoms with Gasteiger partial charge in [-0.1, -0.05) is 96.5 Å². The van der Waals surface area contributed by atoms with Gasteiger partial charge in [-0.2, -0.15) is 0 Å². The molecule has 46 heavy (non-hydrogen) atoms. The van der Waals surface area contributed by atoms with Crippen LogP contribution in [0.15, 0.2) is 153 Å². The minimum atomic E-state index is 0.702. The molecule has 0 aliphatic carbocycles. The third-order valence-corrected chi connectivity index (χ3v) is 9.44. The molecule has 0 spiro atoms. The molecule has 0 amide bonds. The van der Waals surface area contributed by atoms with Crippen LogP contribution in [0.3, 0.4) is 0 Å². The smallest absolute Gasteiger partial charge is 0.143 e. The molecule has 0 unspecified atom stereocenters. The number of halogens is 1. The fourth-order valence-corrected chi connectivity index (χ4v) is 7.21. The zero-order chi connectivity index (χ0) is 30.4. The van der Waals surface area contributed by atoms with E-state index in [1.54, 1.807) is 0 Å². The second kappa shape index (κ2) is 9.61. The Morgan fingerprint density at radius 2 is 0.848 bits per heavy atom. The van der Waals surface area contributed by atoms with Crippen molar-refractivity contribution in [3.63, 3.8) is 0 Å². The maximum atomic E-state index is 6.74. The van der Waals surface area contributed by atoms with E-state index in [-0.39, 0.29) is 0 Å². The van der Waals surface area contributed by atoms with Crippen molar-refractivity contribution in [3.05, 3.63) is 145 Å². The summed E-state index contributed by atoms with van der Waals surface area (Å²) in [5.41, 5.74) is 11.5. The number of rotatable bonds is 3. The summed E-state index contributed by atoms with van der Waals surface area (Å²) in [5.74, 6) is 0. The van der Waals surface area contributed by atoms with E-state index in [0.717, 1.165) is 99.2 Å². The molecule has 216 valence electrons. The van der Waals surface area contributed by atoms with Crippen molar-refractivity contribution in [3.8, 4) is 33.4 Å². The van der Waals surface area contributed by atoms with Crippen LogP contribution in [-0.4, -0.2) is 0 Å². The Labute approximate surface area is 267 Å². The first-order valence-electron chi connectivity index (χ1n) is 15.3. The normalized spacial score (nSPS) is 12.0. The molecule has 0 saturated heterocycles. The maximum absolute atomic E-state index is 6.74. The molecule has 0 fully saturated rings. The van der Waals surface area contributed by atoms with Gasteiger partial charge in [-0.25, -0.2) is 0 Å². The summed E-state index contributed by atoms with van der Waals surface area (Å²) < 4.78 is 19.5. The summed E-state index contributed by atoms with van der Waals surface area (Å²) in [7, 11) is 0. The maximum Gasteiger partial charge on any atom is 0.143 e. The molecule has 0 atom stereocenters. The van der Waals surface area contributed by atoms with Crippen molar-refractivity contribution in [2.75, 3.05) is 0 Å². The van der Waals surface area contributed by atoms with Gasteiger partial charge in [0.15, 0.2) is 0 Å². The molecular weight excluding hydrogens is 588 g/mol. The Kier molecular flexibility index (Phi) is 5.34. The minimum absolute atomic E-state index is 0.702. The lowest BCUT2D eigenvalue weighted by molar-refractivity contribution is 0.668. The number of para-hydroxylation sites is 3. The Hall–Kier alpha value is -5.77. The van der Waals surface area contributed by atoms with Crippen LogP contribution in [0.5, 0.6) is 0 Å². The standard InChI is InChI=1S/C42H23ClO3/c43-26-16-13-24(14-17-26)28-19-20-30(40-33-9-3-6-12-37(33)45-41(28)40)31-21-18-27(39-32-8-2-5-11-36(32)46-42(31)39)25-15-22-38-34(23-25)29-7-1-4-10-35(29)44-38/h1-23H. The summed E-state index contributed by atoms with van der Waals surface area (Å²) in [6.07, 6.45) is 0. The molecule has 3 aromatic heterocycles. The SMILES string of the molecule is Clc1ccc(-c2ccc(-c3ccc(-c4ccc5oc6ccccc6c5c4)c4c3oc3ccccc34)c3c2oc2ccccc23)cc1. The van der Waals surface area contributed by atoms with E-state index in [1.165, 1.54) is 0 Å². The van der Waals surface area contributed by atoms with Crippen molar-refractivity contribution in [1.29, 1.82) is 0 Å². The Bertz CT molecular complexity index is 2810. The summed E-state index contributed by atoms with van der Waals surface area (Å²) in [6.45, 7) is 0. The van der Waals surface area contributed by atoms with Crippen LogP contribution in [0.1, 0.15) is 0 Å². The number of fused-ring (bicyclic) bond motifs is 9. The molecule has 0 aliphatic rings. The summed E-state index contributed by atoms with van der Waals surface area (Å²) in [6, 6.07) is 47.8. The summed E-state index contributed by atoms with van der Waals surface area (Å²) >= 11 is 6.24. The van der Waals surface area contributed by atoms with Gasteiger partial charge in [-0.3, -0.25) is 0 Å². The molecular formula is C42H23ClO3. The van der Waals surface area contributed by atoms with Gasteiger partial charge in [-0.15, -0.1) is 0 Å².